The molecule has 1 fully saturated rings. The summed E-state index contributed by atoms with van der Waals surface area (Å²) >= 11 is 0. The van der Waals surface area contributed by atoms with Crippen molar-refractivity contribution in [1.29, 1.82) is 0 Å². The van der Waals surface area contributed by atoms with Crippen LogP contribution in [0, 0.1) is 12.3 Å². The largest absolute Gasteiger partial charge is 0.295 e. The molecule has 0 aliphatic carbocycles. The molecule has 0 amide bonds. The maximum absolute atomic E-state index is 11.3. The summed E-state index contributed by atoms with van der Waals surface area (Å²) in [5, 5.41) is 0. The van der Waals surface area contributed by atoms with Gasteiger partial charge in [0, 0.05) is 47.4 Å². The zero-order chi connectivity index (χ0) is 9.90. The second-order valence-corrected chi connectivity index (χ2v) is 5.62. The third-order valence-corrected chi connectivity index (χ3v) is 4.15. The number of terminal acetylenes is 1. The summed E-state index contributed by atoms with van der Waals surface area (Å²) in [6.45, 7) is 6.13. The van der Waals surface area contributed by atoms with Gasteiger partial charge < -0.3 is 0 Å². The quantitative estimate of drug-likeness (QED) is 0.615. The van der Waals surface area contributed by atoms with E-state index in [9.17, 15) is 4.21 Å². The van der Waals surface area contributed by atoms with Gasteiger partial charge in [-0.15, -0.1) is 12.3 Å². The smallest absolute Gasteiger partial charge is 0.0414 e. The fraction of sp³-hybridized carbons (Fsp3) is 0.800. The van der Waals surface area contributed by atoms with E-state index >= 15 is 0 Å². The van der Waals surface area contributed by atoms with Gasteiger partial charge in [-0.3, -0.25) is 9.11 Å². The van der Waals surface area contributed by atoms with E-state index in [0.29, 0.717) is 0 Å². The molecule has 1 unspecified atom stereocenters. The van der Waals surface area contributed by atoms with E-state index in [-0.39, 0.29) is 5.54 Å². The lowest BCUT2D eigenvalue weighted by Gasteiger charge is -2.41. The van der Waals surface area contributed by atoms with Gasteiger partial charge in [-0.25, -0.2) is 0 Å². The zero-order valence-corrected chi connectivity index (χ0v) is 9.19. The molecule has 13 heavy (non-hydrogen) atoms. The Hall–Kier alpha value is -0.330. The van der Waals surface area contributed by atoms with Crippen molar-refractivity contribution in [2.75, 3.05) is 24.6 Å². The normalized spacial score (nSPS) is 28.2. The van der Waals surface area contributed by atoms with Gasteiger partial charge in [0.1, 0.15) is 0 Å². The predicted molar refractivity (Wildman–Crippen MR) is 57.0 cm³/mol. The Morgan fingerprint density at radius 2 is 2.31 bits per heavy atom. The molecule has 3 heteroatoms. The Bertz CT molecular complexity index is 242. The van der Waals surface area contributed by atoms with Gasteiger partial charge in [-0.1, -0.05) is 0 Å². The van der Waals surface area contributed by atoms with Gasteiger partial charge in [-0.2, -0.15) is 0 Å². The molecular formula is C10H17NOS. The molecule has 0 bridgehead atoms. The first-order valence-electron chi connectivity index (χ1n) is 4.60. The summed E-state index contributed by atoms with van der Waals surface area (Å²) in [5.41, 5.74) is 0.0555. The van der Waals surface area contributed by atoms with Gasteiger partial charge in [0.2, 0.25) is 0 Å². The lowest BCUT2D eigenvalue weighted by molar-refractivity contribution is 0.146. The highest BCUT2D eigenvalue weighted by atomic mass is 32.2. The summed E-state index contributed by atoms with van der Waals surface area (Å²) in [5.74, 6) is 4.22. The van der Waals surface area contributed by atoms with Gasteiger partial charge >= 0.3 is 0 Å². The Morgan fingerprint density at radius 3 is 2.85 bits per heavy atom. The van der Waals surface area contributed by atoms with Crippen LogP contribution >= 0.6 is 0 Å². The summed E-state index contributed by atoms with van der Waals surface area (Å²) in [4.78, 5) is 2.34. The van der Waals surface area contributed by atoms with Gasteiger partial charge in [0.15, 0.2) is 0 Å². The minimum absolute atomic E-state index is 0.0555. The van der Waals surface area contributed by atoms with Gasteiger partial charge in [0.05, 0.1) is 0 Å². The van der Waals surface area contributed by atoms with Crippen molar-refractivity contribution in [1.82, 2.24) is 4.90 Å². The first kappa shape index (κ1) is 10.7. The van der Waals surface area contributed by atoms with Crippen LogP contribution < -0.4 is 0 Å². The Kier molecular flexibility index (Phi) is 3.52. The molecule has 1 heterocycles. The molecule has 74 valence electrons. The van der Waals surface area contributed by atoms with Crippen LogP contribution in [0.4, 0.5) is 0 Å². The molecule has 1 aliphatic heterocycles. The molecule has 2 nitrogen and oxygen atoms in total. The molecule has 0 aromatic heterocycles. The van der Waals surface area contributed by atoms with Crippen molar-refractivity contribution in [3.8, 4) is 12.3 Å². The van der Waals surface area contributed by atoms with Crippen molar-refractivity contribution in [3.05, 3.63) is 0 Å². The van der Waals surface area contributed by atoms with E-state index in [1.807, 2.05) is 0 Å². The number of hydrogen-bond acceptors (Lipinski definition) is 2. The Morgan fingerprint density at radius 1 is 1.62 bits per heavy atom. The Balaban J connectivity index is 2.55. The summed E-state index contributed by atoms with van der Waals surface area (Å²) in [6, 6.07) is 0. The first-order valence-corrected chi connectivity index (χ1v) is 6.08. The van der Waals surface area contributed by atoms with Crippen molar-refractivity contribution in [2.24, 2.45) is 0 Å². The van der Waals surface area contributed by atoms with Crippen LogP contribution in [0.2, 0.25) is 0 Å². The lowest BCUT2D eigenvalue weighted by atomic mass is 10.1. The monoisotopic (exact) mass is 199 g/mol. The second kappa shape index (κ2) is 4.26. The summed E-state index contributed by atoms with van der Waals surface area (Å²) in [6.07, 6.45) is 6.01. The SMILES string of the molecule is C#CCCN1CCS(=O)CC1(C)C. The maximum atomic E-state index is 11.3. The van der Waals surface area contributed by atoms with E-state index in [2.05, 4.69) is 24.7 Å². The molecule has 1 atom stereocenters. The minimum atomic E-state index is -0.629. The minimum Gasteiger partial charge on any atom is -0.295 e. The van der Waals surface area contributed by atoms with Crippen molar-refractivity contribution >= 4 is 10.8 Å². The molecule has 1 saturated heterocycles. The average Bonchev–Trinajstić information content (AvgIpc) is 2.01. The van der Waals surface area contributed by atoms with E-state index in [1.165, 1.54) is 0 Å². The first-order chi connectivity index (χ1) is 6.06. The van der Waals surface area contributed by atoms with Crippen molar-refractivity contribution in [2.45, 2.75) is 25.8 Å². The molecule has 0 radical (unpaired) electrons. The van der Waals surface area contributed by atoms with Gasteiger partial charge in [0.25, 0.3) is 0 Å². The highest BCUT2D eigenvalue weighted by Gasteiger charge is 2.32. The second-order valence-electron chi connectivity index (χ2n) is 4.04. The van der Waals surface area contributed by atoms with Crippen LogP contribution in [0.25, 0.3) is 0 Å². The Labute approximate surface area is 83.2 Å². The molecule has 0 spiro atoms. The number of rotatable bonds is 2. The topological polar surface area (TPSA) is 20.3 Å². The highest BCUT2D eigenvalue weighted by Crippen LogP contribution is 2.20. The van der Waals surface area contributed by atoms with Crippen LogP contribution in [0.3, 0.4) is 0 Å². The fourth-order valence-electron chi connectivity index (χ4n) is 1.69. The summed E-state index contributed by atoms with van der Waals surface area (Å²) < 4.78 is 11.3. The van der Waals surface area contributed by atoms with Crippen LogP contribution in [-0.2, 0) is 10.8 Å². The fourth-order valence-corrected chi connectivity index (χ4v) is 3.22. The molecule has 0 aromatic rings. The lowest BCUT2D eigenvalue weighted by Crippen LogP contribution is -2.53. The van der Waals surface area contributed by atoms with E-state index < -0.39 is 10.8 Å². The third-order valence-electron chi connectivity index (χ3n) is 2.49. The predicted octanol–water partition coefficient (Wildman–Crippen LogP) is 0.853. The third kappa shape index (κ3) is 2.82. The van der Waals surface area contributed by atoms with Crippen LogP contribution in [-0.4, -0.2) is 39.2 Å². The van der Waals surface area contributed by atoms with Crippen LogP contribution in [0.5, 0.6) is 0 Å². The van der Waals surface area contributed by atoms with E-state index in [4.69, 9.17) is 6.42 Å². The molecule has 0 saturated carbocycles. The van der Waals surface area contributed by atoms with E-state index in [0.717, 1.165) is 31.0 Å². The molecule has 1 rings (SSSR count). The maximum Gasteiger partial charge on any atom is 0.0414 e. The molecule has 1 aliphatic rings. The van der Waals surface area contributed by atoms with Gasteiger partial charge in [-0.05, 0) is 13.8 Å². The average molecular weight is 199 g/mol. The number of hydrogen-bond donors (Lipinski definition) is 0. The summed E-state index contributed by atoms with van der Waals surface area (Å²) in [7, 11) is -0.629. The van der Waals surface area contributed by atoms with Crippen molar-refractivity contribution in [3.63, 3.8) is 0 Å². The van der Waals surface area contributed by atoms with E-state index in [1.54, 1.807) is 0 Å². The van der Waals surface area contributed by atoms with Crippen LogP contribution in [0.1, 0.15) is 20.3 Å². The highest BCUT2D eigenvalue weighted by molar-refractivity contribution is 7.85. The van der Waals surface area contributed by atoms with Crippen LogP contribution in [0.15, 0.2) is 0 Å². The molecule has 0 N–H and O–H groups in total. The number of nitrogens with zero attached hydrogens (tertiary/aromatic N) is 1. The zero-order valence-electron chi connectivity index (χ0n) is 8.38. The molecular weight excluding hydrogens is 182 g/mol. The van der Waals surface area contributed by atoms with Crippen molar-refractivity contribution < 1.29 is 4.21 Å². The standard InChI is InChI=1S/C10H17NOS/c1-4-5-6-11-7-8-13(12)9-10(11,2)3/h1H,5-9H2,2-3H3. The molecule has 0 aromatic carbocycles.